The van der Waals surface area contributed by atoms with Gasteiger partial charge < -0.3 is 10.0 Å². The van der Waals surface area contributed by atoms with E-state index in [1.165, 1.54) is 19.4 Å². The number of likely N-dealkylation sites (tertiary alicyclic amines) is 1. The maximum Gasteiger partial charge on any atom is 0.320 e. The van der Waals surface area contributed by atoms with Gasteiger partial charge in [0.05, 0.1) is 0 Å². The summed E-state index contributed by atoms with van der Waals surface area (Å²) in [5, 5.41) is 9.05. The molecule has 5 nitrogen and oxygen atoms in total. The predicted octanol–water partition coefficient (Wildman–Crippen LogP) is 0.560. The van der Waals surface area contributed by atoms with Gasteiger partial charge in [-0.25, -0.2) is 0 Å². The third-order valence-electron chi connectivity index (χ3n) is 4.95. The molecule has 0 aromatic heterocycles. The van der Waals surface area contributed by atoms with Crippen molar-refractivity contribution < 1.29 is 9.90 Å². The van der Waals surface area contributed by atoms with Crippen LogP contribution in [0.4, 0.5) is 0 Å². The molecule has 110 valence electrons. The van der Waals surface area contributed by atoms with Crippen LogP contribution >= 0.6 is 0 Å². The van der Waals surface area contributed by atoms with Crippen molar-refractivity contribution in [2.45, 2.75) is 44.8 Å². The van der Waals surface area contributed by atoms with Crippen LogP contribution in [0.15, 0.2) is 0 Å². The summed E-state index contributed by atoms with van der Waals surface area (Å²) in [5.74, 6) is -0.707. The number of hydrogen-bond donors (Lipinski definition) is 1. The van der Waals surface area contributed by atoms with Crippen LogP contribution in [-0.4, -0.2) is 83.7 Å². The Morgan fingerprint density at radius 1 is 1.21 bits per heavy atom. The van der Waals surface area contributed by atoms with E-state index in [1.807, 2.05) is 0 Å². The van der Waals surface area contributed by atoms with Crippen molar-refractivity contribution in [3.8, 4) is 0 Å². The third-order valence-corrected chi connectivity index (χ3v) is 4.95. The second kappa shape index (κ2) is 6.20. The fourth-order valence-electron chi connectivity index (χ4n) is 3.24. The monoisotopic (exact) mass is 269 g/mol. The van der Waals surface area contributed by atoms with Gasteiger partial charge in [-0.1, -0.05) is 0 Å². The van der Waals surface area contributed by atoms with Crippen molar-refractivity contribution in [3.05, 3.63) is 0 Å². The van der Waals surface area contributed by atoms with E-state index in [0.717, 1.165) is 26.2 Å². The van der Waals surface area contributed by atoms with Crippen LogP contribution < -0.4 is 0 Å². The molecule has 3 unspecified atom stereocenters. The average Bonchev–Trinajstić information content (AvgIpc) is 2.41. The van der Waals surface area contributed by atoms with Crippen molar-refractivity contribution >= 4 is 5.97 Å². The number of carboxylic acids is 1. The van der Waals surface area contributed by atoms with E-state index in [-0.39, 0.29) is 6.04 Å². The molecule has 0 aromatic rings. The van der Waals surface area contributed by atoms with Crippen molar-refractivity contribution in [1.82, 2.24) is 14.7 Å². The molecule has 2 heterocycles. The highest BCUT2D eigenvalue weighted by molar-refractivity contribution is 5.72. The molecule has 1 N–H and O–H groups in total. The normalized spacial score (nSPS) is 33.2. The van der Waals surface area contributed by atoms with E-state index >= 15 is 0 Å². The Labute approximate surface area is 116 Å². The summed E-state index contributed by atoms with van der Waals surface area (Å²) in [5.41, 5.74) is 0. The summed E-state index contributed by atoms with van der Waals surface area (Å²) in [6, 6.07) is 1.00. The molecule has 0 spiro atoms. The van der Waals surface area contributed by atoms with Gasteiger partial charge in [0.15, 0.2) is 0 Å². The van der Waals surface area contributed by atoms with Crippen molar-refractivity contribution in [2.75, 3.05) is 39.8 Å². The van der Waals surface area contributed by atoms with E-state index in [9.17, 15) is 4.79 Å². The first-order valence-electron chi connectivity index (χ1n) is 7.40. The third kappa shape index (κ3) is 3.46. The zero-order valence-electron chi connectivity index (χ0n) is 12.4. The fourth-order valence-corrected chi connectivity index (χ4v) is 3.24. The van der Waals surface area contributed by atoms with Gasteiger partial charge in [-0.2, -0.15) is 0 Å². The van der Waals surface area contributed by atoms with Gasteiger partial charge in [0.25, 0.3) is 0 Å². The van der Waals surface area contributed by atoms with Crippen LogP contribution in [0.25, 0.3) is 0 Å². The van der Waals surface area contributed by atoms with Gasteiger partial charge in [-0.3, -0.25) is 14.6 Å². The Morgan fingerprint density at radius 3 is 2.37 bits per heavy atom. The summed E-state index contributed by atoms with van der Waals surface area (Å²) in [6.07, 6.45) is 2.49. The molecule has 5 heteroatoms. The van der Waals surface area contributed by atoms with E-state index in [1.54, 1.807) is 6.92 Å². The van der Waals surface area contributed by atoms with Gasteiger partial charge >= 0.3 is 5.97 Å². The molecule has 2 rings (SSSR count). The molecule has 2 fully saturated rings. The lowest BCUT2D eigenvalue weighted by Gasteiger charge is -2.45. The lowest BCUT2D eigenvalue weighted by molar-refractivity contribution is -0.143. The Morgan fingerprint density at radius 2 is 1.84 bits per heavy atom. The van der Waals surface area contributed by atoms with E-state index in [4.69, 9.17) is 5.11 Å². The molecule has 2 aliphatic heterocycles. The zero-order chi connectivity index (χ0) is 14.0. The molecule has 0 bridgehead atoms. The fraction of sp³-hybridized carbons (Fsp3) is 0.929. The van der Waals surface area contributed by atoms with Crippen LogP contribution in [0.3, 0.4) is 0 Å². The number of carbonyl (C=O) groups is 1. The van der Waals surface area contributed by atoms with Gasteiger partial charge in [0, 0.05) is 38.3 Å². The van der Waals surface area contributed by atoms with Gasteiger partial charge in [0.2, 0.25) is 0 Å². The summed E-state index contributed by atoms with van der Waals surface area (Å²) in [6.45, 7) is 9.06. The smallest absolute Gasteiger partial charge is 0.320 e. The summed E-state index contributed by atoms with van der Waals surface area (Å²) >= 11 is 0. The maximum absolute atomic E-state index is 11.0. The predicted molar refractivity (Wildman–Crippen MR) is 75.4 cm³/mol. The highest BCUT2D eigenvalue weighted by Gasteiger charge is 2.31. The van der Waals surface area contributed by atoms with Gasteiger partial charge in [-0.05, 0) is 40.3 Å². The molecule has 0 radical (unpaired) electrons. The Balaban J connectivity index is 1.82. The Kier molecular flexibility index (Phi) is 4.81. The number of rotatable bonds is 3. The molecule has 0 saturated carbocycles. The first-order chi connectivity index (χ1) is 8.99. The second-order valence-electron chi connectivity index (χ2n) is 6.09. The maximum atomic E-state index is 11.0. The van der Waals surface area contributed by atoms with Crippen molar-refractivity contribution in [3.63, 3.8) is 0 Å². The quantitative estimate of drug-likeness (QED) is 0.811. The van der Waals surface area contributed by atoms with Crippen molar-refractivity contribution in [2.24, 2.45) is 0 Å². The minimum atomic E-state index is -0.707. The number of hydrogen-bond acceptors (Lipinski definition) is 4. The van der Waals surface area contributed by atoms with Crippen LogP contribution in [0, 0.1) is 0 Å². The van der Waals surface area contributed by atoms with Crippen LogP contribution in [0.5, 0.6) is 0 Å². The minimum absolute atomic E-state index is 0.349. The molecule has 2 aliphatic rings. The molecule has 3 atom stereocenters. The van der Waals surface area contributed by atoms with E-state index in [2.05, 4.69) is 28.7 Å². The highest BCUT2D eigenvalue weighted by Crippen LogP contribution is 2.22. The second-order valence-corrected chi connectivity index (χ2v) is 6.09. The van der Waals surface area contributed by atoms with E-state index in [0.29, 0.717) is 12.1 Å². The minimum Gasteiger partial charge on any atom is -0.480 e. The molecule has 2 saturated heterocycles. The molecular formula is C14H27N3O2. The highest BCUT2D eigenvalue weighted by atomic mass is 16.4. The van der Waals surface area contributed by atoms with Gasteiger partial charge in [0.1, 0.15) is 6.04 Å². The first-order valence-corrected chi connectivity index (χ1v) is 7.40. The van der Waals surface area contributed by atoms with Crippen LogP contribution in [-0.2, 0) is 4.79 Å². The molecule has 19 heavy (non-hydrogen) atoms. The summed E-state index contributed by atoms with van der Waals surface area (Å²) < 4.78 is 0. The molecule has 0 aliphatic carbocycles. The molecular weight excluding hydrogens is 242 g/mol. The van der Waals surface area contributed by atoms with Gasteiger partial charge in [-0.15, -0.1) is 0 Å². The largest absolute Gasteiger partial charge is 0.480 e. The zero-order valence-corrected chi connectivity index (χ0v) is 12.4. The topological polar surface area (TPSA) is 47.0 Å². The Bertz CT molecular complexity index is 316. The molecule has 0 amide bonds. The van der Waals surface area contributed by atoms with E-state index < -0.39 is 5.97 Å². The lowest BCUT2D eigenvalue weighted by Crippen LogP contribution is -2.56. The SMILES string of the molecule is CC1CC(N2CCN(C(C)C(=O)O)CC2)CCN1C. The number of piperidine rings is 1. The first kappa shape index (κ1) is 14.8. The standard InChI is InChI=1S/C14H27N3O2/c1-11-10-13(4-5-15(11)3)17-8-6-16(7-9-17)12(2)14(18)19/h11-13H,4-10H2,1-3H3,(H,18,19). The summed E-state index contributed by atoms with van der Waals surface area (Å²) in [7, 11) is 2.20. The van der Waals surface area contributed by atoms with Crippen LogP contribution in [0.1, 0.15) is 26.7 Å². The Hall–Kier alpha value is -0.650. The number of nitrogens with zero attached hydrogens (tertiary/aromatic N) is 3. The summed E-state index contributed by atoms with van der Waals surface area (Å²) in [4.78, 5) is 18.1. The number of carboxylic acid groups (broad SMARTS) is 1. The molecule has 0 aromatic carbocycles. The lowest BCUT2D eigenvalue weighted by atomic mass is 9.97. The van der Waals surface area contributed by atoms with Crippen LogP contribution in [0.2, 0.25) is 0 Å². The number of piperazine rings is 1. The number of aliphatic carboxylic acids is 1. The average molecular weight is 269 g/mol. The van der Waals surface area contributed by atoms with Crippen molar-refractivity contribution in [1.29, 1.82) is 0 Å².